The standard InChI is InChI=1S/C18H25NO4/c1-21-16-8-13(9-17(10-16)22-2)12-23-15-4-3-7-19(11-15)18(20)14-5-6-14/h8-10,14-15H,3-7,11-12H2,1-2H3. The number of likely N-dealkylation sites (tertiary alicyclic amines) is 1. The number of carbonyl (C=O) groups is 1. The molecule has 1 saturated carbocycles. The summed E-state index contributed by atoms with van der Waals surface area (Å²) in [6.45, 7) is 2.10. The van der Waals surface area contributed by atoms with Crippen molar-refractivity contribution >= 4 is 5.91 Å². The summed E-state index contributed by atoms with van der Waals surface area (Å²) in [6.07, 6.45) is 4.26. The smallest absolute Gasteiger partial charge is 0.225 e. The molecule has 0 radical (unpaired) electrons. The van der Waals surface area contributed by atoms with Gasteiger partial charge in [0.2, 0.25) is 5.91 Å². The van der Waals surface area contributed by atoms with Crippen molar-refractivity contribution in [2.75, 3.05) is 27.3 Å². The van der Waals surface area contributed by atoms with Gasteiger partial charge >= 0.3 is 0 Å². The van der Waals surface area contributed by atoms with Gasteiger partial charge in [0.05, 0.1) is 26.9 Å². The van der Waals surface area contributed by atoms with Gasteiger partial charge in [-0.05, 0) is 43.4 Å². The summed E-state index contributed by atoms with van der Waals surface area (Å²) in [5, 5.41) is 0. The fourth-order valence-corrected chi connectivity index (χ4v) is 3.03. The van der Waals surface area contributed by atoms with Crippen LogP contribution in [-0.4, -0.2) is 44.2 Å². The molecular formula is C18H25NO4. The van der Waals surface area contributed by atoms with E-state index in [1.807, 2.05) is 23.1 Å². The molecule has 0 N–H and O–H groups in total. The van der Waals surface area contributed by atoms with Gasteiger partial charge in [0.15, 0.2) is 0 Å². The van der Waals surface area contributed by atoms with Crippen molar-refractivity contribution in [2.45, 2.75) is 38.4 Å². The molecule has 126 valence electrons. The normalized spacial score (nSPS) is 21.1. The van der Waals surface area contributed by atoms with E-state index in [1.54, 1.807) is 14.2 Å². The molecule has 0 aromatic heterocycles. The molecule has 1 saturated heterocycles. The Kier molecular flexibility index (Phi) is 5.06. The maximum Gasteiger partial charge on any atom is 0.225 e. The van der Waals surface area contributed by atoms with Crippen LogP contribution in [-0.2, 0) is 16.1 Å². The molecule has 2 aliphatic rings. The summed E-state index contributed by atoms with van der Waals surface area (Å²) in [5.41, 5.74) is 1.02. The fraction of sp³-hybridized carbons (Fsp3) is 0.611. The Morgan fingerprint density at radius 1 is 1.13 bits per heavy atom. The van der Waals surface area contributed by atoms with Crippen LogP contribution in [0.15, 0.2) is 18.2 Å². The molecule has 2 fully saturated rings. The molecule has 1 heterocycles. The fourth-order valence-electron chi connectivity index (χ4n) is 3.03. The highest BCUT2D eigenvalue weighted by atomic mass is 16.5. The number of methoxy groups -OCH3 is 2. The minimum Gasteiger partial charge on any atom is -0.497 e. The second kappa shape index (κ2) is 7.21. The van der Waals surface area contributed by atoms with E-state index in [9.17, 15) is 4.79 Å². The van der Waals surface area contributed by atoms with Crippen LogP contribution >= 0.6 is 0 Å². The number of amides is 1. The van der Waals surface area contributed by atoms with Gasteiger partial charge in [0.1, 0.15) is 11.5 Å². The first-order valence-electron chi connectivity index (χ1n) is 8.32. The molecule has 5 nitrogen and oxygen atoms in total. The van der Waals surface area contributed by atoms with E-state index < -0.39 is 0 Å². The van der Waals surface area contributed by atoms with Gasteiger partial charge in [-0.15, -0.1) is 0 Å². The summed E-state index contributed by atoms with van der Waals surface area (Å²) in [5.74, 6) is 2.13. The lowest BCUT2D eigenvalue weighted by atomic mass is 10.1. The first kappa shape index (κ1) is 16.1. The molecule has 5 heteroatoms. The van der Waals surface area contributed by atoms with E-state index >= 15 is 0 Å². The second-order valence-corrected chi connectivity index (χ2v) is 6.35. The van der Waals surface area contributed by atoms with E-state index in [0.717, 1.165) is 55.8 Å². The van der Waals surface area contributed by atoms with Crippen molar-refractivity contribution in [3.05, 3.63) is 23.8 Å². The molecule has 1 aromatic carbocycles. The summed E-state index contributed by atoms with van der Waals surface area (Å²) in [4.78, 5) is 14.2. The van der Waals surface area contributed by atoms with Crippen molar-refractivity contribution in [3.63, 3.8) is 0 Å². The van der Waals surface area contributed by atoms with Gasteiger partial charge in [-0.25, -0.2) is 0 Å². The predicted molar refractivity (Wildman–Crippen MR) is 86.7 cm³/mol. The Morgan fingerprint density at radius 3 is 2.43 bits per heavy atom. The lowest BCUT2D eigenvalue weighted by Crippen LogP contribution is -2.43. The number of hydrogen-bond acceptors (Lipinski definition) is 4. The van der Waals surface area contributed by atoms with Crippen LogP contribution in [0.4, 0.5) is 0 Å². The van der Waals surface area contributed by atoms with Crippen LogP contribution in [0, 0.1) is 5.92 Å². The second-order valence-electron chi connectivity index (χ2n) is 6.35. The Labute approximate surface area is 137 Å². The maximum absolute atomic E-state index is 12.2. The zero-order valence-electron chi connectivity index (χ0n) is 13.9. The third-order valence-corrected chi connectivity index (χ3v) is 4.51. The van der Waals surface area contributed by atoms with Crippen LogP contribution in [0.5, 0.6) is 11.5 Å². The van der Waals surface area contributed by atoms with Crippen molar-refractivity contribution in [1.82, 2.24) is 4.90 Å². The van der Waals surface area contributed by atoms with Gasteiger partial charge in [-0.3, -0.25) is 4.79 Å². The third-order valence-electron chi connectivity index (χ3n) is 4.51. The van der Waals surface area contributed by atoms with Crippen molar-refractivity contribution in [2.24, 2.45) is 5.92 Å². The number of ether oxygens (including phenoxy) is 3. The summed E-state index contributed by atoms with van der Waals surface area (Å²) < 4.78 is 16.6. The molecule has 23 heavy (non-hydrogen) atoms. The Morgan fingerprint density at radius 2 is 1.83 bits per heavy atom. The molecule has 1 aromatic rings. The Hall–Kier alpha value is -1.75. The number of nitrogens with zero attached hydrogens (tertiary/aromatic N) is 1. The lowest BCUT2D eigenvalue weighted by molar-refractivity contribution is -0.137. The van der Waals surface area contributed by atoms with Crippen LogP contribution in [0.25, 0.3) is 0 Å². The predicted octanol–water partition coefficient (Wildman–Crippen LogP) is 2.62. The summed E-state index contributed by atoms with van der Waals surface area (Å²) in [7, 11) is 3.28. The first-order chi connectivity index (χ1) is 11.2. The molecule has 1 unspecified atom stereocenters. The maximum atomic E-state index is 12.2. The molecule has 0 spiro atoms. The third kappa shape index (κ3) is 4.16. The summed E-state index contributed by atoms with van der Waals surface area (Å²) in [6, 6.07) is 5.76. The number of rotatable bonds is 6. The van der Waals surface area contributed by atoms with Gasteiger partial charge in [-0.2, -0.15) is 0 Å². The lowest BCUT2D eigenvalue weighted by Gasteiger charge is -2.33. The number of hydrogen-bond donors (Lipinski definition) is 0. The van der Waals surface area contributed by atoms with Crippen molar-refractivity contribution in [1.29, 1.82) is 0 Å². The number of benzene rings is 1. The number of carbonyl (C=O) groups excluding carboxylic acids is 1. The van der Waals surface area contributed by atoms with Crippen molar-refractivity contribution < 1.29 is 19.0 Å². The molecule has 3 rings (SSSR count). The Bertz CT molecular complexity index is 534. The van der Waals surface area contributed by atoms with Crippen LogP contribution in [0.1, 0.15) is 31.2 Å². The van der Waals surface area contributed by atoms with Crippen molar-refractivity contribution in [3.8, 4) is 11.5 Å². The highest BCUT2D eigenvalue weighted by Gasteiger charge is 2.35. The van der Waals surface area contributed by atoms with E-state index in [4.69, 9.17) is 14.2 Å². The highest BCUT2D eigenvalue weighted by Crippen LogP contribution is 2.32. The van der Waals surface area contributed by atoms with Gasteiger partial charge in [0, 0.05) is 25.1 Å². The van der Waals surface area contributed by atoms with Gasteiger partial charge < -0.3 is 19.1 Å². The van der Waals surface area contributed by atoms with Gasteiger partial charge in [-0.1, -0.05) is 0 Å². The Balaban J connectivity index is 1.56. The van der Waals surface area contributed by atoms with Gasteiger partial charge in [0.25, 0.3) is 0 Å². The minimum absolute atomic E-state index is 0.114. The molecule has 1 amide bonds. The zero-order chi connectivity index (χ0) is 16.2. The average Bonchev–Trinajstić information content (AvgIpc) is 3.44. The average molecular weight is 319 g/mol. The molecule has 1 aliphatic carbocycles. The zero-order valence-corrected chi connectivity index (χ0v) is 13.9. The van der Waals surface area contributed by atoms with E-state index in [1.165, 1.54) is 0 Å². The molecular weight excluding hydrogens is 294 g/mol. The molecule has 1 aliphatic heterocycles. The minimum atomic E-state index is 0.114. The quantitative estimate of drug-likeness (QED) is 0.809. The van der Waals surface area contributed by atoms with Crippen LogP contribution < -0.4 is 9.47 Å². The largest absolute Gasteiger partial charge is 0.497 e. The van der Waals surface area contributed by atoms with E-state index in [-0.39, 0.29) is 12.0 Å². The topological polar surface area (TPSA) is 48.0 Å². The summed E-state index contributed by atoms with van der Waals surface area (Å²) >= 11 is 0. The SMILES string of the molecule is COc1cc(COC2CCCN(C(=O)C3CC3)C2)cc(OC)c1. The first-order valence-corrected chi connectivity index (χ1v) is 8.32. The monoisotopic (exact) mass is 319 g/mol. The molecule has 0 bridgehead atoms. The molecule has 1 atom stereocenters. The van der Waals surface area contributed by atoms with Crippen LogP contribution in [0.2, 0.25) is 0 Å². The number of piperidine rings is 1. The van der Waals surface area contributed by atoms with E-state index in [0.29, 0.717) is 12.5 Å². The van der Waals surface area contributed by atoms with E-state index in [2.05, 4.69) is 0 Å². The highest BCUT2D eigenvalue weighted by molar-refractivity contribution is 5.81. The van der Waals surface area contributed by atoms with Crippen LogP contribution in [0.3, 0.4) is 0 Å².